The van der Waals surface area contributed by atoms with Crippen molar-refractivity contribution in [1.82, 2.24) is 5.32 Å². The SMILES string of the molecule is Cc1cc(NC2CNC2)c(C)cc1O. The van der Waals surface area contributed by atoms with Gasteiger partial charge in [-0.1, -0.05) is 0 Å². The molecule has 76 valence electrons. The Balaban J connectivity index is 2.19. The summed E-state index contributed by atoms with van der Waals surface area (Å²) in [5.74, 6) is 0.375. The summed E-state index contributed by atoms with van der Waals surface area (Å²) < 4.78 is 0. The normalized spacial score (nSPS) is 16.4. The van der Waals surface area contributed by atoms with Crippen molar-refractivity contribution in [3.05, 3.63) is 23.3 Å². The lowest BCUT2D eigenvalue weighted by molar-refractivity contribution is 0.467. The third-order valence-electron chi connectivity index (χ3n) is 2.68. The van der Waals surface area contributed by atoms with Gasteiger partial charge in [-0.3, -0.25) is 0 Å². The maximum atomic E-state index is 9.49. The smallest absolute Gasteiger partial charge is 0.118 e. The highest BCUT2D eigenvalue weighted by atomic mass is 16.3. The maximum absolute atomic E-state index is 9.49. The molecule has 1 heterocycles. The van der Waals surface area contributed by atoms with E-state index in [2.05, 4.69) is 10.6 Å². The quantitative estimate of drug-likeness (QED) is 0.620. The van der Waals surface area contributed by atoms with Crippen LogP contribution in [0.2, 0.25) is 0 Å². The van der Waals surface area contributed by atoms with Gasteiger partial charge in [-0.25, -0.2) is 0 Å². The van der Waals surface area contributed by atoms with Gasteiger partial charge >= 0.3 is 0 Å². The molecule has 0 aromatic heterocycles. The van der Waals surface area contributed by atoms with E-state index in [0.717, 1.165) is 29.9 Å². The number of rotatable bonds is 2. The maximum Gasteiger partial charge on any atom is 0.118 e. The molecule has 0 unspecified atom stereocenters. The van der Waals surface area contributed by atoms with Gasteiger partial charge in [0.25, 0.3) is 0 Å². The number of hydrogen-bond donors (Lipinski definition) is 3. The summed E-state index contributed by atoms with van der Waals surface area (Å²) in [6.45, 7) is 5.98. The monoisotopic (exact) mass is 192 g/mol. The summed E-state index contributed by atoms with van der Waals surface area (Å²) in [4.78, 5) is 0. The van der Waals surface area contributed by atoms with Crippen LogP contribution in [0.15, 0.2) is 12.1 Å². The Morgan fingerprint density at radius 1 is 1.29 bits per heavy atom. The van der Waals surface area contributed by atoms with Gasteiger partial charge in [0.15, 0.2) is 0 Å². The summed E-state index contributed by atoms with van der Waals surface area (Å²) >= 11 is 0. The molecule has 3 nitrogen and oxygen atoms in total. The van der Waals surface area contributed by atoms with E-state index in [1.165, 1.54) is 0 Å². The molecule has 3 heteroatoms. The van der Waals surface area contributed by atoms with Gasteiger partial charge in [0.2, 0.25) is 0 Å². The number of nitrogens with one attached hydrogen (secondary N) is 2. The molecule has 3 N–H and O–H groups in total. The predicted octanol–water partition coefficient (Wildman–Crippen LogP) is 1.39. The molecule has 0 spiro atoms. The van der Waals surface area contributed by atoms with Gasteiger partial charge in [0.05, 0.1) is 6.04 Å². The van der Waals surface area contributed by atoms with Gasteiger partial charge in [-0.2, -0.15) is 0 Å². The summed E-state index contributed by atoms with van der Waals surface area (Å²) in [6.07, 6.45) is 0. The molecule has 0 radical (unpaired) electrons. The number of phenols is 1. The first-order valence-electron chi connectivity index (χ1n) is 4.94. The number of phenolic OH excluding ortho intramolecular Hbond substituents is 1. The first-order chi connectivity index (χ1) is 6.66. The zero-order chi connectivity index (χ0) is 10.1. The number of hydrogen-bond acceptors (Lipinski definition) is 3. The number of benzene rings is 1. The first kappa shape index (κ1) is 9.34. The molecule has 0 aliphatic carbocycles. The first-order valence-corrected chi connectivity index (χ1v) is 4.94. The molecule has 1 aliphatic rings. The van der Waals surface area contributed by atoms with Crippen molar-refractivity contribution in [3.8, 4) is 5.75 Å². The second-order valence-corrected chi connectivity index (χ2v) is 3.95. The molecule has 2 rings (SSSR count). The Bertz CT molecular complexity index is 345. The number of aromatic hydroxyl groups is 1. The van der Waals surface area contributed by atoms with Crippen LogP contribution in [0, 0.1) is 13.8 Å². The van der Waals surface area contributed by atoms with Crippen molar-refractivity contribution >= 4 is 5.69 Å². The minimum absolute atomic E-state index is 0.375. The summed E-state index contributed by atoms with van der Waals surface area (Å²) in [7, 11) is 0. The van der Waals surface area contributed by atoms with Gasteiger partial charge in [0, 0.05) is 18.8 Å². The summed E-state index contributed by atoms with van der Waals surface area (Å²) in [5.41, 5.74) is 3.15. The molecule has 0 bridgehead atoms. The molecule has 1 aliphatic heterocycles. The fraction of sp³-hybridized carbons (Fsp3) is 0.455. The van der Waals surface area contributed by atoms with Crippen LogP contribution in [-0.2, 0) is 0 Å². The molecule has 1 aromatic rings. The third kappa shape index (κ3) is 1.68. The average molecular weight is 192 g/mol. The van der Waals surface area contributed by atoms with Gasteiger partial charge in [0.1, 0.15) is 5.75 Å². The third-order valence-corrected chi connectivity index (χ3v) is 2.68. The Morgan fingerprint density at radius 2 is 2.00 bits per heavy atom. The fourth-order valence-electron chi connectivity index (χ4n) is 1.57. The highest BCUT2D eigenvalue weighted by Crippen LogP contribution is 2.25. The van der Waals surface area contributed by atoms with E-state index in [1.807, 2.05) is 26.0 Å². The predicted molar refractivity (Wildman–Crippen MR) is 57.9 cm³/mol. The van der Waals surface area contributed by atoms with Crippen LogP contribution in [0.1, 0.15) is 11.1 Å². The molecular formula is C11H16N2O. The zero-order valence-electron chi connectivity index (χ0n) is 8.59. The van der Waals surface area contributed by atoms with Crippen LogP contribution >= 0.6 is 0 Å². The van der Waals surface area contributed by atoms with E-state index >= 15 is 0 Å². The lowest BCUT2D eigenvalue weighted by Gasteiger charge is -2.29. The Hall–Kier alpha value is -1.22. The number of aryl methyl sites for hydroxylation is 2. The van der Waals surface area contributed by atoms with Gasteiger partial charge in [-0.05, 0) is 37.1 Å². The summed E-state index contributed by atoms with van der Waals surface area (Å²) in [5, 5.41) is 16.1. The van der Waals surface area contributed by atoms with Crippen molar-refractivity contribution < 1.29 is 5.11 Å². The Kier molecular flexibility index (Phi) is 2.33. The van der Waals surface area contributed by atoms with E-state index in [0.29, 0.717) is 11.8 Å². The van der Waals surface area contributed by atoms with E-state index in [9.17, 15) is 5.11 Å². The van der Waals surface area contributed by atoms with Gasteiger partial charge in [-0.15, -0.1) is 0 Å². The minimum atomic E-state index is 0.375. The standard InChI is InChI=1S/C11H16N2O/c1-7-4-11(14)8(2)3-10(7)13-9-5-12-6-9/h3-4,9,12-14H,5-6H2,1-2H3. The van der Waals surface area contributed by atoms with Crippen molar-refractivity contribution in [3.63, 3.8) is 0 Å². The molecular weight excluding hydrogens is 176 g/mol. The molecule has 0 saturated carbocycles. The van der Waals surface area contributed by atoms with E-state index in [1.54, 1.807) is 0 Å². The minimum Gasteiger partial charge on any atom is -0.508 e. The highest BCUT2D eigenvalue weighted by molar-refractivity contribution is 5.57. The molecule has 1 fully saturated rings. The van der Waals surface area contributed by atoms with Crippen molar-refractivity contribution in [2.45, 2.75) is 19.9 Å². The topological polar surface area (TPSA) is 44.3 Å². The van der Waals surface area contributed by atoms with E-state index in [-0.39, 0.29) is 0 Å². The van der Waals surface area contributed by atoms with E-state index in [4.69, 9.17) is 0 Å². The van der Waals surface area contributed by atoms with E-state index < -0.39 is 0 Å². The van der Waals surface area contributed by atoms with Gasteiger partial charge < -0.3 is 15.7 Å². The lowest BCUT2D eigenvalue weighted by Crippen LogP contribution is -2.51. The fourth-order valence-corrected chi connectivity index (χ4v) is 1.57. The number of anilines is 1. The van der Waals surface area contributed by atoms with Crippen LogP contribution in [0.25, 0.3) is 0 Å². The molecule has 1 aromatic carbocycles. The lowest BCUT2D eigenvalue weighted by atomic mass is 10.1. The average Bonchev–Trinajstić information content (AvgIpc) is 2.06. The van der Waals surface area contributed by atoms with Crippen LogP contribution < -0.4 is 10.6 Å². The summed E-state index contributed by atoms with van der Waals surface area (Å²) in [6, 6.07) is 4.35. The molecule has 0 amide bonds. The van der Waals surface area contributed by atoms with Crippen molar-refractivity contribution in [2.24, 2.45) is 0 Å². The Labute approximate surface area is 84.1 Å². The van der Waals surface area contributed by atoms with Crippen molar-refractivity contribution in [1.29, 1.82) is 0 Å². The molecule has 14 heavy (non-hydrogen) atoms. The van der Waals surface area contributed by atoms with Crippen molar-refractivity contribution in [2.75, 3.05) is 18.4 Å². The molecule has 0 atom stereocenters. The second kappa shape index (κ2) is 3.50. The van der Waals surface area contributed by atoms with Crippen LogP contribution in [0.4, 0.5) is 5.69 Å². The highest BCUT2D eigenvalue weighted by Gasteiger charge is 2.16. The van der Waals surface area contributed by atoms with Crippen LogP contribution in [0.3, 0.4) is 0 Å². The van der Waals surface area contributed by atoms with Crippen LogP contribution in [-0.4, -0.2) is 24.2 Å². The largest absolute Gasteiger partial charge is 0.508 e. The van der Waals surface area contributed by atoms with Crippen LogP contribution in [0.5, 0.6) is 5.75 Å². The second-order valence-electron chi connectivity index (χ2n) is 3.95. The Morgan fingerprint density at radius 3 is 2.57 bits per heavy atom. The zero-order valence-corrected chi connectivity index (χ0v) is 8.59. The molecule has 1 saturated heterocycles.